The van der Waals surface area contributed by atoms with Crippen molar-refractivity contribution in [3.8, 4) is 0 Å². The molecule has 0 fully saturated rings. The standard InChI is InChI=1S/C41H34O2P/c42-39(34-21-9-2-10-22-34)31-40(41(35-23-11-3-12-24-35)43-32-33-19-7-1-8-20-33)44(36-25-13-4-14-26-36,37-27-15-5-16-28-37)38-29-17-6-18-30-38/h1-30H,31-32H2/q+1/b41-40-. The van der Waals surface area contributed by atoms with E-state index < -0.39 is 7.26 Å². The lowest BCUT2D eigenvalue weighted by Gasteiger charge is -2.31. The highest BCUT2D eigenvalue weighted by atomic mass is 31.2. The largest absolute Gasteiger partial charge is 0.484 e. The number of allylic oxidation sites excluding steroid dienone is 1. The number of ketones is 1. The van der Waals surface area contributed by atoms with E-state index in [2.05, 4.69) is 115 Å². The van der Waals surface area contributed by atoms with E-state index in [4.69, 9.17) is 4.74 Å². The lowest BCUT2D eigenvalue weighted by molar-refractivity contribution is 0.0994. The summed E-state index contributed by atoms with van der Waals surface area (Å²) in [5.41, 5.74) is 2.71. The summed E-state index contributed by atoms with van der Waals surface area (Å²) in [5, 5.41) is 4.51. The number of ether oxygens (including phenoxy) is 1. The van der Waals surface area contributed by atoms with E-state index in [0.717, 1.165) is 22.2 Å². The lowest BCUT2D eigenvalue weighted by atomic mass is 10.1. The summed E-state index contributed by atoms with van der Waals surface area (Å²) in [6.45, 7) is 0.381. The molecule has 0 amide bonds. The fraction of sp³-hybridized carbons (Fsp3) is 0.0488. The highest BCUT2D eigenvalue weighted by Gasteiger charge is 2.52. The minimum Gasteiger partial charge on any atom is -0.484 e. The topological polar surface area (TPSA) is 26.3 Å². The zero-order valence-corrected chi connectivity index (χ0v) is 25.4. The summed E-state index contributed by atoms with van der Waals surface area (Å²) < 4.78 is 6.94. The lowest BCUT2D eigenvalue weighted by Crippen LogP contribution is -2.33. The van der Waals surface area contributed by atoms with Gasteiger partial charge in [0, 0.05) is 11.1 Å². The first-order valence-electron chi connectivity index (χ1n) is 14.9. The first-order chi connectivity index (χ1) is 21.8. The summed E-state index contributed by atoms with van der Waals surface area (Å²) in [5.74, 6) is 0.813. The maximum Gasteiger partial charge on any atom is 0.170 e. The van der Waals surface area contributed by atoms with Crippen molar-refractivity contribution in [3.63, 3.8) is 0 Å². The van der Waals surface area contributed by atoms with E-state index in [1.54, 1.807) is 0 Å². The normalized spacial score (nSPS) is 11.8. The van der Waals surface area contributed by atoms with Gasteiger partial charge in [0.15, 0.2) is 11.5 Å². The van der Waals surface area contributed by atoms with Crippen molar-refractivity contribution >= 4 is 34.7 Å². The molecule has 3 heteroatoms. The summed E-state index contributed by atoms with van der Waals surface area (Å²) in [7, 11) is -2.65. The number of hydrogen-bond acceptors (Lipinski definition) is 2. The minimum atomic E-state index is -2.65. The second-order valence-corrected chi connectivity index (χ2v) is 14.0. The Balaban J connectivity index is 1.71. The SMILES string of the molecule is O=C(C/C(=C(/OCc1ccccc1)c1ccccc1)[P+](c1ccccc1)(c1ccccc1)c1ccccc1)c1ccccc1. The molecular weight excluding hydrogens is 555 g/mol. The molecule has 0 N–H and O–H groups in total. The van der Waals surface area contributed by atoms with E-state index in [-0.39, 0.29) is 12.2 Å². The van der Waals surface area contributed by atoms with Gasteiger partial charge < -0.3 is 4.74 Å². The molecule has 44 heavy (non-hydrogen) atoms. The van der Waals surface area contributed by atoms with Gasteiger partial charge in [0.25, 0.3) is 0 Å². The molecule has 0 radical (unpaired) electrons. The van der Waals surface area contributed by atoms with E-state index in [0.29, 0.717) is 12.2 Å². The van der Waals surface area contributed by atoms with Crippen LogP contribution in [0.2, 0.25) is 0 Å². The number of benzene rings is 6. The number of hydrogen-bond donors (Lipinski definition) is 0. The van der Waals surface area contributed by atoms with Crippen LogP contribution >= 0.6 is 7.26 Å². The van der Waals surface area contributed by atoms with Crippen LogP contribution in [0.25, 0.3) is 5.76 Å². The Bertz CT molecular complexity index is 1710. The van der Waals surface area contributed by atoms with Crippen LogP contribution in [-0.2, 0) is 11.3 Å². The van der Waals surface area contributed by atoms with Gasteiger partial charge in [-0.05, 0) is 42.0 Å². The molecule has 2 nitrogen and oxygen atoms in total. The Morgan fingerprint density at radius 2 is 0.818 bits per heavy atom. The molecule has 0 saturated carbocycles. The zero-order chi connectivity index (χ0) is 30.0. The van der Waals surface area contributed by atoms with Crippen LogP contribution in [-0.4, -0.2) is 5.78 Å². The maximum atomic E-state index is 14.3. The Morgan fingerprint density at radius 1 is 0.455 bits per heavy atom. The second-order valence-electron chi connectivity index (χ2n) is 10.6. The number of Topliss-reactive ketones (excluding diaryl/α,β-unsaturated/α-hetero) is 1. The van der Waals surface area contributed by atoms with Crippen LogP contribution in [0.5, 0.6) is 0 Å². The predicted octanol–water partition coefficient (Wildman–Crippen LogP) is 8.84. The first kappa shape index (κ1) is 29.1. The molecule has 6 aromatic carbocycles. The van der Waals surface area contributed by atoms with Gasteiger partial charge in [0.05, 0.1) is 6.42 Å². The Labute approximate surface area is 260 Å². The van der Waals surface area contributed by atoms with Crippen LogP contribution in [0.15, 0.2) is 187 Å². The van der Waals surface area contributed by atoms with Crippen molar-refractivity contribution in [2.24, 2.45) is 0 Å². The summed E-state index contributed by atoms with van der Waals surface area (Å²) in [6, 6.07) is 62.1. The summed E-state index contributed by atoms with van der Waals surface area (Å²) >= 11 is 0. The fourth-order valence-corrected chi connectivity index (χ4v) is 10.3. The fourth-order valence-electron chi connectivity index (χ4n) is 5.75. The molecule has 0 aliphatic rings. The molecular formula is C41H34O2P+. The molecule has 0 bridgehead atoms. The molecule has 6 aromatic rings. The average molecular weight is 590 g/mol. The van der Waals surface area contributed by atoms with Gasteiger partial charge >= 0.3 is 0 Å². The van der Waals surface area contributed by atoms with E-state index in [1.807, 2.05) is 66.7 Å². The third-order valence-corrected chi connectivity index (χ3v) is 12.2. The molecule has 0 atom stereocenters. The van der Waals surface area contributed by atoms with Gasteiger partial charge in [0.2, 0.25) is 0 Å². The van der Waals surface area contributed by atoms with Crippen LogP contribution in [0.1, 0.15) is 27.9 Å². The number of carbonyl (C=O) groups is 1. The van der Waals surface area contributed by atoms with Crippen LogP contribution in [0.3, 0.4) is 0 Å². The van der Waals surface area contributed by atoms with Crippen molar-refractivity contribution in [2.45, 2.75) is 13.0 Å². The van der Waals surface area contributed by atoms with Gasteiger partial charge in [-0.3, -0.25) is 4.79 Å². The predicted molar refractivity (Wildman–Crippen MR) is 185 cm³/mol. The van der Waals surface area contributed by atoms with Gasteiger partial charge in [0.1, 0.15) is 35.1 Å². The molecule has 0 aromatic heterocycles. The van der Waals surface area contributed by atoms with Gasteiger partial charge in [-0.1, -0.05) is 146 Å². The van der Waals surface area contributed by atoms with Gasteiger partial charge in [-0.25, -0.2) is 0 Å². The molecule has 0 aliphatic heterocycles. The van der Waals surface area contributed by atoms with E-state index in [9.17, 15) is 4.79 Å². The quantitative estimate of drug-likeness (QED) is 0.0858. The Kier molecular flexibility index (Phi) is 9.21. The van der Waals surface area contributed by atoms with Crippen LogP contribution in [0, 0.1) is 0 Å². The van der Waals surface area contributed by atoms with Crippen molar-refractivity contribution < 1.29 is 9.53 Å². The van der Waals surface area contributed by atoms with Crippen molar-refractivity contribution in [2.75, 3.05) is 0 Å². The average Bonchev–Trinajstić information content (AvgIpc) is 3.11. The molecule has 6 rings (SSSR count). The summed E-state index contributed by atoms with van der Waals surface area (Å²) in [6.07, 6.45) is 0.204. The second kappa shape index (κ2) is 14.0. The third kappa shape index (κ3) is 6.18. The highest BCUT2D eigenvalue weighted by Crippen LogP contribution is 2.65. The van der Waals surface area contributed by atoms with E-state index in [1.165, 1.54) is 15.9 Å². The zero-order valence-electron chi connectivity index (χ0n) is 24.5. The monoisotopic (exact) mass is 589 g/mol. The highest BCUT2D eigenvalue weighted by molar-refractivity contribution is 7.99. The molecule has 0 heterocycles. The van der Waals surface area contributed by atoms with Crippen LogP contribution < -0.4 is 15.9 Å². The number of carbonyl (C=O) groups excluding carboxylic acids is 1. The maximum absolute atomic E-state index is 14.3. The van der Waals surface area contributed by atoms with Crippen molar-refractivity contribution in [3.05, 3.63) is 204 Å². The van der Waals surface area contributed by atoms with Gasteiger partial charge in [-0.2, -0.15) is 0 Å². The van der Waals surface area contributed by atoms with Crippen LogP contribution in [0.4, 0.5) is 0 Å². The van der Waals surface area contributed by atoms with Gasteiger partial charge in [-0.15, -0.1) is 0 Å². The smallest absolute Gasteiger partial charge is 0.170 e. The Hall–Kier alpha value is -5.04. The van der Waals surface area contributed by atoms with Crippen molar-refractivity contribution in [1.29, 1.82) is 0 Å². The van der Waals surface area contributed by atoms with Crippen molar-refractivity contribution in [1.82, 2.24) is 0 Å². The van der Waals surface area contributed by atoms with E-state index >= 15 is 0 Å². The molecule has 0 aliphatic carbocycles. The molecule has 214 valence electrons. The molecule has 0 saturated heterocycles. The minimum absolute atomic E-state index is 0.0597. The first-order valence-corrected chi connectivity index (χ1v) is 16.7. The Morgan fingerprint density at radius 3 is 1.25 bits per heavy atom. The molecule has 0 spiro atoms. The third-order valence-electron chi connectivity index (χ3n) is 7.78. The molecule has 0 unspecified atom stereocenters. The number of rotatable bonds is 11. The summed E-state index contributed by atoms with van der Waals surface area (Å²) in [4.78, 5) is 14.3.